The lowest BCUT2D eigenvalue weighted by atomic mass is 10.2. The third kappa shape index (κ3) is 4.83. The molecular formula is C17H20ClN3O3. The van der Waals surface area contributed by atoms with E-state index in [1.807, 2.05) is 6.92 Å². The molecule has 0 saturated carbocycles. The topological polar surface area (TPSA) is 73.1 Å². The Morgan fingerprint density at radius 2 is 1.71 bits per heavy atom. The van der Waals surface area contributed by atoms with Crippen LogP contribution >= 0.6 is 11.6 Å². The smallest absolute Gasteiger partial charge is 0.316 e. The highest BCUT2D eigenvalue weighted by Gasteiger charge is 2.09. The average Bonchev–Trinajstić information content (AvgIpc) is 2.57. The summed E-state index contributed by atoms with van der Waals surface area (Å²) in [4.78, 5) is 36.1. The van der Waals surface area contributed by atoms with Crippen LogP contribution in [0.2, 0.25) is 5.02 Å². The number of halogens is 1. The lowest BCUT2D eigenvalue weighted by molar-refractivity contribution is -0.121. The van der Waals surface area contributed by atoms with Gasteiger partial charge in [-0.2, -0.15) is 0 Å². The van der Waals surface area contributed by atoms with E-state index in [-0.39, 0.29) is 19.0 Å². The molecule has 24 heavy (non-hydrogen) atoms. The molecule has 0 aliphatic rings. The number of rotatable bonds is 7. The molecule has 0 spiro atoms. The Balaban J connectivity index is 2.11. The second kappa shape index (κ2) is 8.49. The Kier molecular flexibility index (Phi) is 6.37. The Hall–Kier alpha value is -2.34. The van der Waals surface area contributed by atoms with Crippen LogP contribution in [0.25, 0.3) is 0 Å². The van der Waals surface area contributed by atoms with Gasteiger partial charge in [0.05, 0.1) is 6.54 Å². The van der Waals surface area contributed by atoms with Crippen LogP contribution in [-0.2, 0) is 17.9 Å². The second-order valence-electron chi connectivity index (χ2n) is 5.49. The first-order valence-corrected chi connectivity index (χ1v) is 8.20. The number of nitrogens with zero attached hydrogens (tertiary/aromatic N) is 2. The number of aromatic nitrogens is 2. The van der Waals surface area contributed by atoms with Crippen LogP contribution in [0.5, 0.6) is 0 Å². The SMILES string of the molecule is CCCCNC(=O)Cn1ccn(Cc2ccc(Cl)cc2)c(=O)c1=O. The molecule has 1 heterocycles. The van der Waals surface area contributed by atoms with Crippen molar-refractivity contribution in [2.75, 3.05) is 6.54 Å². The number of benzene rings is 1. The van der Waals surface area contributed by atoms with Crippen LogP contribution in [0, 0.1) is 0 Å². The molecule has 0 aliphatic carbocycles. The van der Waals surface area contributed by atoms with Crippen LogP contribution in [0.15, 0.2) is 46.2 Å². The molecular weight excluding hydrogens is 330 g/mol. The normalized spacial score (nSPS) is 10.6. The predicted molar refractivity (Wildman–Crippen MR) is 93.4 cm³/mol. The fourth-order valence-corrected chi connectivity index (χ4v) is 2.32. The monoisotopic (exact) mass is 349 g/mol. The molecule has 0 radical (unpaired) electrons. The zero-order valence-electron chi connectivity index (χ0n) is 13.5. The highest BCUT2D eigenvalue weighted by atomic mass is 35.5. The summed E-state index contributed by atoms with van der Waals surface area (Å²) in [6.07, 6.45) is 4.82. The van der Waals surface area contributed by atoms with Gasteiger partial charge in [-0.1, -0.05) is 37.1 Å². The summed E-state index contributed by atoms with van der Waals surface area (Å²) in [5.74, 6) is -0.277. The van der Waals surface area contributed by atoms with Gasteiger partial charge in [0, 0.05) is 24.0 Å². The molecule has 1 aromatic heterocycles. The van der Waals surface area contributed by atoms with Crippen molar-refractivity contribution < 1.29 is 4.79 Å². The molecule has 6 nitrogen and oxygen atoms in total. The van der Waals surface area contributed by atoms with Crippen molar-refractivity contribution in [1.82, 2.24) is 14.5 Å². The lowest BCUT2D eigenvalue weighted by Gasteiger charge is -2.09. The van der Waals surface area contributed by atoms with E-state index >= 15 is 0 Å². The van der Waals surface area contributed by atoms with E-state index in [4.69, 9.17) is 11.6 Å². The van der Waals surface area contributed by atoms with Crippen LogP contribution in [0.1, 0.15) is 25.3 Å². The van der Waals surface area contributed by atoms with Crippen molar-refractivity contribution in [3.8, 4) is 0 Å². The molecule has 0 atom stereocenters. The minimum absolute atomic E-state index is 0.153. The van der Waals surface area contributed by atoms with E-state index in [1.165, 1.54) is 17.0 Å². The standard InChI is InChI=1S/C17H20ClN3O3/c1-2-3-8-19-15(22)12-21-10-9-20(16(23)17(21)24)11-13-4-6-14(18)7-5-13/h4-7,9-10H,2-3,8,11-12H2,1H3,(H,19,22). The molecule has 0 aliphatic heterocycles. The molecule has 7 heteroatoms. The molecule has 0 bridgehead atoms. The van der Waals surface area contributed by atoms with E-state index < -0.39 is 11.1 Å². The molecule has 0 unspecified atom stereocenters. The summed E-state index contributed by atoms with van der Waals surface area (Å²) >= 11 is 5.83. The summed E-state index contributed by atoms with van der Waals surface area (Å²) < 4.78 is 2.44. The molecule has 1 aromatic carbocycles. The molecule has 2 aromatic rings. The summed E-state index contributed by atoms with van der Waals surface area (Å²) in [5.41, 5.74) is -0.512. The number of carbonyl (C=O) groups is 1. The van der Waals surface area contributed by atoms with Crippen molar-refractivity contribution >= 4 is 17.5 Å². The van der Waals surface area contributed by atoms with Crippen molar-refractivity contribution in [3.05, 3.63) is 68.0 Å². The Morgan fingerprint density at radius 3 is 2.38 bits per heavy atom. The molecule has 128 valence electrons. The number of amides is 1. The highest BCUT2D eigenvalue weighted by molar-refractivity contribution is 6.30. The summed E-state index contributed by atoms with van der Waals surface area (Å²) in [7, 11) is 0. The van der Waals surface area contributed by atoms with E-state index in [2.05, 4.69) is 5.32 Å². The zero-order chi connectivity index (χ0) is 17.5. The Bertz CT molecular complexity index is 809. The maximum atomic E-state index is 12.2. The number of hydrogen-bond donors (Lipinski definition) is 1. The van der Waals surface area contributed by atoms with Crippen molar-refractivity contribution in [2.24, 2.45) is 0 Å². The van der Waals surface area contributed by atoms with Gasteiger partial charge < -0.3 is 9.88 Å². The quantitative estimate of drug-likeness (QED) is 0.610. The molecule has 1 N–H and O–H groups in total. The number of unbranched alkanes of at least 4 members (excludes halogenated alkanes) is 1. The minimum atomic E-state index is -0.711. The molecule has 0 fully saturated rings. The van der Waals surface area contributed by atoms with Gasteiger partial charge >= 0.3 is 11.1 Å². The fourth-order valence-electron chi connectivity index (χ4n) is 2.19. The van der Waals surface area contributed by atoms with Crippen molar-refractivity contribution in [3.63, 3.8) is 0 Å². The van der Waals surface area contributed by atoms with Crippen LogP contribution < -0.4 is 16.4 Å². The molecule has 1 amide bonds. The van der Waals surface area contributed by atoms with Gasteiger partial charge in [0.25, 0.3) is 0 Å². The summed E-state index contributed by atoms with van der Waals surface area (Å²) in [5, 5.41) is 3.33. The van der Waals surface area contributed by atoms with Crippen LogP contribution in [0.3, 0.4) is 0 Å². The molecule has 0 saturated heterocycles. The van der Waals surface area contributed by atoms with Crippen molar-refractivity contribution in [1.29, 1.82) is 0 Å². The van der Waals surface area contributed by atoms with Gasteiger partial charge in [-0.25, -0.2) is 0 Å². The van der Waals surface area contributed by atoms with E-state index in [0.29, 0.717) is 11.6 Å². The number of nitrogens with one attached hydrogen (secondary N) is 1. The fraction of sp³-hybridized carbons (Fsp3) is 0.353. The van der Waals surface area contributed by atoms with E-state index in [1.54, 1.807) is 24.3 Å². The van der Waals surface area contributed by atoms with Crippen LogP contribution in [0.4, 0.5) is 0 Å². The number of carbonyl (C=O) groups excluding carboxylic acids is 1. The summed E-state index contributed by atoms with van der Waals surface area (Å²) in [6, 6.07) is 7.04. The van der Waals surface area contributed by atoms with Gasteiger partial charge in [0.15, 0.2) is 0 Å². The van der Waals surface area contributed by atoms with E-state index in [9.17, 15) is 14.4 Å². The number of hydrogen-bond acceptors (Lipinski definition) is 3. The van der Waals surface area contributed by atoms with E-state index in [0.717, 1.165) is 23.0 Å². The van der Waals surface area contributed by atoms with Crippen LogP contribution in [-0.4, -0.2) is 21.6 Å². The average molecular weight is 350 g/mol. The molecule has 2 rings (SSSR count). The van der Waals surface area contributed by atoms with Gasteiger partial charge in [0.2, 0.25) is 5.91 Å². The highest BCUT2D eigenvalue weighted by Crippen LogP contribution is 2.09. The Labute approximate surface area is 144 Å². The van der Waals surface area contributed by atoms with Gasteiger partial charge in [0.1, 0.15) is 6.54 Å². The third-order valence-electron chi connectivity index (χ3n) is 3.56. The maximum Gasteiger partial charge on any atom is 0.316 e. The maximum absolute atomic E-state index is 12.2. The predicted octanol–water partition coefficient (Wildman–Crippen LogP) is 1.63. The first-order chi connectivity index (χ1) is 11.5. The minimum Gasteiger partial charge on any atom is -0.355 e. The van der Waals surface area contributed by atoms with Crippen molar-refractivity contribution in [2.45, 2.75) is 32.9 Å². The van der Waals surface area contributed by atoms with Gasteiger partial charge in [-0.3, -0.25) is 19.0 Å². The largest absolute Gasteiger partial charge is 0.355 e. The zero-order valence-corrected chi connectivity index (χ0v) is 14.3. The first kappa shape index (κ1) is 18.0. The van der Waals surface area contributed by atoms with Gasteiger partial charge in [-0.15, -0.1) is 0 Å². The Morgan fingerprint density at radius 1 is 1.08 bits per heavy atom. The lowest BCUT2D eigenvalue weighted by Crippen LogP contribution is -2.43. The van der Waals surface area contributed by atoms with Gasteiger partial charge in [-0.05, 0) is 24.1 Å². The second-order valence-corrected chi connectivity index (χ2v) is 5.93. The summed E-state index contributed by atoms with van der Waals surface area (Å²) in [6.45, 7) is 2.71. The first-order valence-electron chi connectivity index (χ1n) is 7.82. The third-order valence-corrected chi connectivity index (χ3v) is 3.82.